The molecule has 1 aromatic carbocycles. The van der Waals surface area contributed by atoms with Crippen LogP contribution in [-0.4, -0.2) is 31.0 Å². The van der Waals surface area contributed by atoms with Crippen LogP contribution in [0.25, 0.3) is 0 Å². The van der Waals surface area contributed by atoms with Gasteiger partial charge < -0.3 is 9.47 Å². The van der Waals surface area contributed by atoms with Gasteiger partial charge in [-0.3, -0.25) is 20.4 Å². The van der Waals surface area contributed by atoms with Gasteiger partial charge in [0.05, 0.1) is 6.61 Å². The number of benzene rings is 1. The molecule has 1 aromatic rings. The molecule has 0 fully saturated rings. The van der Waals surface area contributed by atoms with Crippen LogP contribution in [0.1, 0.15) is 24.2 Å². The lowest BCUT2D eigenvalue weighted by Crippen LogP contribution is -2.42. The van der Waals surface area contributed by atoms with Gasteiger partial charge in [0.15, 0.2) is 6.61 Å². The Balaban J connectivity index is 2.54. The first-order chi connectivity index (χ1) is 9.54. The lowest BCUT2D eigenvalue weighted by molar-refractivity contribution is -0.129. The minimum Gasteiger partial charge on any atom is -0.493 e. The first-order valence-electron chi connectivity index (χ1n) is 5.99. The van der Waals surface area contributed by atoms with Crippen LogP contribution < -0.4 is 15.6 Å². The highest BCUT2D eigenvalue weighted by Crippen LogP contribution is 2.18. The smallest absolute Gasteiger partial charge is 0.342 e. The van der Waals surface area contributed by atoms with E-state index in [1.165, 1.54) is 6.92 Å². The zero-order chi connectivity index (χ0) is 15.0. The average molecular weight is 280 g/mol. The first kappa shape index (κ1) is 15.5. The van der Waals surface area contributed by atoms with Gasteiger partial charge in [-0.25, -0.2) is 4.79 Å². The fourth-order valence-electron chi connectivity index (χ4n) is 1.32. The van der Waals surface area contributed by atoms with Crippen LogP contribution >= 0.6 is 0 Å². The fraction of sp³-hybridized carbons (Fsp3) is 0.308. The van der Waals surface area contributed by atoms with E-state index in [2.05, 4.69) is 10.9 Å². The van der Waals surface area contributed by atoms with Crippen molar-refractivity contribution >= 4 is 17.8 Å². The summed E-state index contributed by atoms with van der Waals surface area (Å²) < 4.78 is 10.1. The second-order valence-electron chi connectivity index (χ2n) is 3.73. The molecule has 108 valence electrons. The van der Waals surface area contributed by atoms with Gasteiger partial charge in [-0.1, -0.05) is 12.1 Å². The first-order valence-corrected chi connectivity index (χ1v) is 5.99. The second kappa shape index (κ2) is 7.78. The van der Waals surface area contributed by atoms with Gasteiger partial charge >= 0.3 is 5.97 Å². The number of esters is 1. The standard InChI is InChI=1S/C13H16N2O5/c1-3-19-11-7-5-4-6-10(11)13(18)20-8-12(17)15-14-9(2)16/h4-7H,3,8H2,1-2H3,(H,14,16)(H,15,17). The number of rotatable bonds is 5. The lowest BCUT2D eigenvalue weighted by atomic mass is 10.2. The molecule has 0 radical (unpaired) electrons. The van der Waals surface area contributed by atoms with Crippen molar-refractivity contribution in [3.63, 3.8) is 0 Å². The van der Waals surface area contributed by atoms with Crippen LogP contribution in [0, 0.1) is 0 Å². The summed E-state index contributed by atoms with van der Waals surface area (Å²) in [6.45, 7) is 2.94. The van der Waals surface area contributed by atoms with Crippen molar-refractivity contribution < 1.29 is 23.9 Å². The molecule has 0 aliphatic heterocycles. The Bertz CT molecular complexity index is 501. The summed E-state index contributed by atoms with van der Waals surface area (Å²) in [5.74, 6) is -1.34. The Hall–Kier alpha value is -2.57. The highest BCUT2D eigenvalue weighted by Gasteiger charge is 2.14. The summed E-state index contributed by atoms with van der Waals surface area (Å²) in [5.41, 5.74) is 4.41. The largest absolute Gasteiger partial charge is 0.493 e. The molecular weight excluding hydrogens is 264 g/mol. The van der Waals surface area contributed by atoms with E-state index >= 15 is 0 Å². The molecule has 0 saturated heterocycles. The number of hydrogen-bond donors (Lipinski definition) is 2. The maximum Gasteiger partial charge on any atom is 0.342 e. The van der Waals surface area contributed by atoms with E-state index in [1.54, 1.807) is 31.2 Å². The number of carbonyl (C=O) groups is 3. The van der Waals surface area contributed by atoms with Gasteiger partial charge in [0.1, 0.15) is 11.3 Å². The van der Waals surface area contributed by atoms with Gasteiger partial charge in [0.25, 0.3) is 5.91 Å². The Morgan fingerprint density at radius 2 is 1.85 bits per heavy atom. The number of carbonyl (C=O) groups excluding carboxylic acids is 3. The van der Waals surface area contributed by atoms with Gasteiger partial charge in [0.2, 0.25) is 5.91 Å². The number of hydrogen-bond acceptors (Lipinski definition) is 5. The molecule has 7 heteroatoms. The Kier molecular flexibility index (Phi) is 6.02. The Morgan fingerprint density at radius 1 is 1.15 bits per heavy atom. The quantitative estimate of drug-likeness (QED) is 0.602. The lowest BCUT2D eigenvalue weighted by Gasteiger charge is -2.10. The van der Waals surface area contributed by atoms with Gasteiger partial charge in [-0.15, -0.1) is 0 Å². The number of hydrazine groups is 1. The van der Waals surface area contributed by atoms with Crippen molar-refractivity contribution in [2.75, 3.05) is 13.2 Å². The minimum atomic E-state index is -0.674. The van der Waals surface area contributed by atoms with Gasteiger partial charge in [0, 0.05) is 6.92 Å². The molecule has 0 heterocycles. The summed E-state index contributed by atoms with van der Waals surface area (Å²) in [4.78, 5) is 33.6. The van der Waals surface area contributed by atoms with E-state index in [0.29, 0.717) is 12.4 Å². The normalized spacial score (nSPS) is 9.50. The van der Waals surface area contributed by atoms with Crippen LogP contribution in [-0.2, 0) is 14.3 Å². The molecule has 7 nitrogen and oxygen atoms in total. The van der Waals surface area contributed by atoms with Gasteiger partial charge in [-0.05, 0) is 19.1 Å². The van der Waals surface area contributed by atoms with Gasteiger partial charge in [-0.2, -0.15) is 0 Å². The molecule has 0 unspecified atom stereocenters. The number of ether oxygens (including phenoxy) is 2. The van der Waals surface area contributed by atoms with E-state index < -0.39 is 24.4 Å². The minimum absolute atomic E-state index is 0.238. The molecule has 0 atom stereocenters. The van der Waals surface area contributed by atoms with Crippen molar-refractivity contribution in [2.45, 2.75) is 13.8 Å². The SMILES string of the molecule is CCOc1ccccc1C(=O)OCC(=O)NNC(C)=O. The topological polar surface area (TPSA) is 93.7 Å². The third kappa shape index (κ3) is 4.97. The average Bonchev–Trinajstić information content (AvgIpc) is 2.43. The number of para-hydroxylation sites is 1. The van der Waals surface area contributed by atoms with Crippen LogP contribution in [0.5, 0.6) is 5.75 Å². The van der Waals surface area contributed by atoms with Crippen molar-refractivity contribution in [3.8, 4) is 5.75 Å². The third-order valence-electron chi connectivity index (χ3n) is 2.12. The molecule has 0 aliphatic rings. The fourth-order valence-corrected chi connectivity index (χ4v) is 1.32. The maximum absolute atomic E-state index is 11.8. The second-order valence-corrected chi connectivity index (χ2v) is 3.73. The molecule has 2 N–H and O–H groups in total. The molecule has 0 aromatic heterocycles. The predicted molar refractivity (Wildman–Crippen MR) is 69.9 cm³/mol. The van der Waals surface area contributed by atoms with Crippen LogP contribution in [0.2, 0.25) is 0 Å². The highest BCUT2D eigenvalue weighted by atomic mass is 16.5. The molecular formula is C13H16N2O5. The maximum atomic E-state index is 11.8. The summed E-state index contributed by atoms with van der Waals surface area (Å²) in [5, 5.41) is 0. The van der Waals surface area contributed by atoms with Crippen molar-refractivity contribution in [1.29, 1.82) is 0 Å². The van der Waals surface area contributed by atoms with E-state index in [4.69, 9.17) is 9.47 Å². The third-order valence-corrected chi connectivity index (χ3v) is 2.12. The summed E-state index contributed by atoms with van der Waals surface area (Å²) in [7, 11) is 0. The van der Waals surface area contributed by atoms with Crippen molar-refractivity contribution in [2.24, 2.45) is 0 Å². The van der Waals surface area contributed by atoms with Crippen LogP contribution in [0.4, 0.5) is 0 Å². The molecule has 0 spiro atoms. The number of amides is 2. The highest BCUT2D eigenvalue weighted by molar-refractivity contribution is 5.94. The van der Waals surface area contributed by atoms with E-state index in [-0.39, 0.29) is 5.56 Å². The Morgan fingerprint density at radius 3 is 2.50 bits per heavy atom. The molecule has 0 aliphatic carbocycles. The zero-order valence-corrected chi connectivity index (χ0v) is 11.3. The van der Waals surface area contributed by atoms with E-state index in [0.717, 1.165) is 0 Å². The predicted octanol–water partition coefficient (Wildman–Crippen LogP) is 0.409. The molecule has 20 heavy (non-hydrogen) atoms. The Labute approximate surface area is 116 Å². The number of nitrogens with one attached hydrogen (secondary N) is 2. The molecule has 2 amide bonds. The summed E-state index contributed by atoms with van der Waals surface area (Å²) >= 11 is 0. The van der Waals surface area contributed by atoms with E-state index in [9.17, 15) is 14.4 Å². The molecule has 1 rings (SSSR count). The monoisotopic (exact) mass is 280 g/mol. The summed E-state index contributed by atoms with van der Waals surface area (Å²) in [6.07, 6.45) is 0. The molecule has 0 bridgehead atoms. The molecule has 0 saturated carbocycles. The zero-order valence-electron chi connectivity index (χ0n) is 11.3. The van der Waals surface area contributed by atoms with E-state index in [1.807, 2.05) is 0 Å². The van der Waals surface area contributed by atoms with Crippen molar-refractivity contribution in [1.82, 2.24) is 10.9 Å². The van der Waals surface area contributed by atoms with Crippen LogP contribution in [0.15, 0.2) is 24.3 Å². The summed E-state index contributed by atoms with van der Waals surface area (Å²) in [6, 6.07) is 6.57. The van der Waals surface area contributed by atoms with Crippen LogP contribution in [0.3, 0.4) is 0 Å². The van der Waals surface area contributed by atoms with Crippen molar-refractivity contribution in [3.05, 3.63) is 29.8 Å².